The topological polar surface area (TPSA) is 306 Å². The largest absolute Gasteiger partial charge is 0.507 e. The van der Waals surface area contributed by atoms with Crippen LogP contribution in [-0.4, -0.2) is 139 Å². The number of nitro groups is 1. The molecule has 0 aliphatic carbocycles. The molecule has 1 spiro atoms. The number of carbonyl (C=O) groups is 4. The zero-order valence-corrected chi connectivity index (χ0v) is 42.0. The number of rotatable bonds is 6. The number of aliphatic hydroxyl groups excluding tert-OH is 2. The Labute approximate surface area is 418 Å². The first-order chi connectivity index (χ1) is 34.5. The van der Waals surface area contributed by atoms with E-state index in [2.05, 4.69) is 15.3 Å². The summed E-state index contributed by atoms with van der Waals surface area (Å²) in [6, 6.07) is 0.0824. The summed E-state index contributed by atoms with van der Waals surface area (Å²) in [5.41, 5.74) is -0.871. The molecule has 1 saturated heterocycles. The van der Waals surface area contributed by atoms with Crippen molar-refractivity contribution in [2.24, 2.45) is 33.7 Å². The lowest BCUT2D eigenvalue weighted by Crippen LogP contribution is -2.50. The normalized spacial score (nSPS) is 30.6. The fourth-order valence-corrected chi connectivity index (χ4v) is 10.3. The number of amides is 2. The second kappa shape index (κ2) is 20.2. The maximum Gasteiger partial charge on any atom is 0.414 e. The first-order valence-corrected chi connectivity index (χ1v) is 24.1. The molecule has 2 aromatic carbocycles. The van der Waals surface area contributed by atoms with Crippen LogP contribution in [0.4, 0.5) is 11.5 Å². The SMILES string of the molecule is CO[C@H]1/C=C/O[C@@]2(C)Oc3c(C)c(O)c4c(O)c(c5c(c4c3C2=O)NC2(CCN(C(=O)COC3COc4nc([N+](=O)[O-])cn4C3)CC2)N=5)=NC(=O)/C(C)=C\C=C\[C@H](C)[C@H](O)[C@@H](C)[C@@H](O)[C@@H](C)[C@H](OC(C)=O)[C@@H]1C. The molecule has 6 heterocycles. The van der Waals surface area contributed by atoms with Gasteiger partial charge in [-0.05, 0) is 24.8 Å². The van der Waals surface area contributed by atoms with Crippen molar-refractivity contribution in [2.45, 2.75) is 117 Å². The number of aromatic nitrogens is 2. The molecule has 392 valence electrons. The molecule has 5 N–H and O–H groups in total. The Morgan fingerprint density at radius 1 is 1.00 bits per heavy atom. The van der Waals surface area contributed by atoms with Crippen molar-refractivity contribution < 1.29 is 72.9 Å². The van der Waals surface area contributed by atoms with Gasteiger partial charge in [0.05, 0.1) is 47.8 Å². The fourth-order valence-electron chi connectivity index (χ4n) is 10.3. The quantitative estimate of drug-likeness (QED) is 0.102. The van der Waals surface area contributed by atoms with E-state index in [1.165, 1.54) is 64.0 Å². The van der Waals surface area contributed by atoms with Crippen LogP contribution in [0.15, 0.2) is 52.3 Å². The molecule has 10 atom stereocenters. The predicted octanol–water partition coefficient (Wildman–Crippen LogP) is 3.20. The number of esters is 1. The highest BCUT2D eigenvalue weighted by molar-refractivity contribution is 6.21. The number of hydrogen-bond acceptors (Lipinski definition) is 19. The number of aliphatic hydroxyl groups is 2. The number of phenolic OH excluding ortho intramolecular Hbond substituents is 2. The number of piperidine rings is 1. The Bertz CT molecular complexity index is 2980. The lowest BCUT2D eigenvalue weighted by Gasteiger charge is -2.38. The average Bonchev–Trinajstić information content (AvgIpc) is 4.04. The minimum atomic E-state index is -2.05. The predicted molar refractivity (Wildman–Crippen MR) is 257 cm³/mol. The molecule has 23 nitrogen and oxygen atoms in total. The number of nitrogens with one attached hydrogen (secondary N) is 1. The van der Waals surface area contributed by atoms with Gasteiger partial charge in [0.2, 0.25) is 5.91 Å². The standard InChI is InChI=1S/C50H61N7O16/c1-23-11-10-12-24(2)47(65)52-39-38-37(53-50(54-38)14-16-55(17-15-50)33(59)22-69-30-19-56-20-32(57(66)67)51-48(56)70-21-30)34-35(43(39)63)42(62)28(6)45-36(34)46(64)49(8,73-45)71-18-13-31(68-9)25(3)44(72-29(7)58)27(5)41(61)26(4)40(23)60/h10-13,18,20,23,25-27,30-31,40-41,44,53,60-63H,14-17,19,21-22H2,1-9H3/b11-10+,18-13+,24-12-,52-39?/t23-,25+,26+,27+,30?,31-,40-,41+,44+,49-/m0/s1. The number of likely N-dealkylation sites (tertiary alicyclic amines) is 1. The summed E-state index contributed by atoms with van der Waals surface area (Å²) in [4.78, 5) is 80.3. The van der Waals surface area contributed by atoms with Gasteiger partial charge in [0.25, 0.3) is 11.7 Å². The number of fused-ring (bicyclic) bond motifs is 2. The van der Waals surface area contributed by atoms with Crippen LogP contribution in [0.2, 0.25) is 0 Å². The number of allylic oxidation sites excluding steroid dienone is 2. The molecule has 23 heteroatoms. The molecule has 2 amide bonds. The van der Waals surface area contributed by atoms with Crippen LogP contribution >= 0.6 is 0 Å². The lowest BCUT2D eigenvalue weighted by molar-refractivity contribution is -0.389. The number of carbonyl (C=O) groups excluding carboxylic acids is 4. The number of Topliss-reactive ketones (excluding diaryl/α,β-unsaturated/α-hetero) is 1. The number of benzene rings is 2. The molecule has 1 aromatic heterocycles. The molecule has 0 radical (unpaired) electrons. The zero-order chi connectivity index (χ0) is 53.0. The highest BCUT2D eigenvalue weighted by Crippen LogP contribution is 2.51. The summed E-state index contributed by atoms with van der Waals surface area (Å²) in [5.74, 6) is -8.60. The van der Waals surface area contributed by atoms with Crippen molar-refractivity contribution in [1.82, 2.24) is 14.5 Å². The van der Waals surface area contributed by atoms with E-state index in [9.17, 15) is 49.7 Å². The van der Waals surface area contributed by atoms with Gasteiger partial charge >= 0.3 is 23.6 Å². The molecular formula is C50H61N7O16. The maximum atomic E-state index is 14.9. The summed E-state index contributed by atoms with van der Waals surface area (Å²) >= 11 is 0. The summed E-state index contributed by atoms with van der Waals surface area (Å²) < 4.78 is 36.8. The number of nitrogens with zero attached hydrogens (tertiary/aromatic N) is 6. The number of aromatic hydroxyl groups is 2. The Morgan fingerprint density at radius 2 is 1.71 bits per heavy atom. The molecule has 3 aromatic rings. The van der Waals surface area contributed by atoms with Gasteiger partial charge in [-0.1, -0.05) is 45.9 Å². The highest BCUT2D eigenvalue weighted by Gasteiger charge is 2.51. The van der Waals surface area contributed by atoms with E-state index in [-0.39, 0.29) is 113 Å². The van der Waals surface area contributed by atoms with Crippen LogP contribution in [0.3, 0.4) is 0 Å². The van der Waals surface area contributed by atoms with E-state index in [0.29, 0.717) is 0 Å². The van der Waals surface area contributed by atoms with Crippen molar-refractivity contribution in [3.05, 3.63) is 74.3 Å². The summed E-state index contributed by atoms with van der Waals surface area (Å²) in [5, 5.41) is 61.4. The van der Waals surface area contributed by atoms with Crippen LogP contribution in [0.1, 0.15) is 77.2 Å². The Kier molecular flexibility index (Phi) is 14.5. The van der Waals surface area contributed by atoms with E-state index in [4.69, 9.17) is 33.4 Å². The third kappa shape index (κ3) is 9.73. The van der Waals surface area contributed by atoms with E-state index < -0.39 is 99.7 Å². The number of ether oxygens (including phenoxy) is 6. The molecule has 4 bridgehead atoms. The fraction of sp³-hybridized carbons (Fsp3) is 0.540. The summed E-state index contributed by atoms with van der Waals surface area (Å²) in [7, 11) is 1.43. The lowest BCUT2D eigenvalue weighted by atomic mass is 9.78. The summed E-state index contributed by atoms with van der Waals surface area (Å²) in [6.07, 6.45) is 4.48. The first kappa shape index (κ1) is 52.4. The molecule has 73 heavy (non-hydrogen) atoms. The molecule has 8 rings (SSSR count). The van der Waals surface area contributed by atoms with E-state index >= 15 is 0 Å². The monoisotopic (exact) mass is 1020 g/mol. The van der Waals surface area contributed by atoms with Gasteiger partial charge in [-0.15, -0.1) is 0 Å². The Hall–Kier alpha value is -6.95. The van der Waals surface area contributed by atoms with Crippen molar-refractivity contribution >= 4 is 45.8 Å². The van der Waals surface area contributed by atoms with Gasteiger partial charge < -0.3 is 69.2 Å². The second-order valence-corrected chi connectivity index (χ2v) is 19.7. The highest BCUT2D eigenvalue weighted by atomic mass is 16.7. The van der Waals surface area contributed by atoms with Gasteiger partial charge in [-0.25, -0.2) is 4.99 Å². The van der Waals surface area contributed by atoms with Crippen molar-refractivity contribution in [2.75, 3.05) is 38.7 Å². The number of anilines is 1. The number of hydrogen-bond donors (Lipinski definition) is 5. The van der Waals surface area contributed by atoms with Crippen LogP contribution in [0.5, 0.6) is 23.3 Å². The van der Waals surface area contributed by atoms with Crippen LogP contribution in [-0.2, 0) is 39.9 Å². The van der Waals surface area contributed by atoms with Crippen LogP contribution in [0.25, 0.3) is 10.8 Å². The van der Waals surface area contributed by atoms with E-state index in [1.807, 2.05) is 0 Å². The van der Waals surface area contributed by atoms with Gasteiger partial charge in [-0.2, -0.15) is 0 Å². The molecule has 5 aliphatic rings. The van der Waals surface area contributed by atoms with Crippen molar-refractivity contribution in [3.63, 3.8) is 0 Å². The Balaban J connectivity index is 1.16. The molecule has 5 aliphatic heterocycles. The number of imidazole rings is 1. The van der Waals surface area contributed by atoms with E-state index in [1.54, 1.807) is 44.7 Å². The van der Waals surface area contributed by atoms with Crippen molar-refractivity contribution in [3.8, 4) is 23.3 Å². The number of ketones is 1. The van der Waals surface area contributed by atoms with Crippen molar-refractivity contribution in [1.29, 1.82) is 0 Å². The summed E-state index contributed by atoms with van der Waals surface area (Å²) in [6.45, 7) is 12.8. The van der Waals surface area contributed by atoms with Crippen LogP contribution in [0, 0.1) is 40.7 Å². The van der Waals surface area contributed by atoms with Gasteiger partial charge in [0, 0.05) is 92.1 Å². The number of phenols is 2. The second-order valence-electron chi connectivity index (χ2n) is 19.7. The molecule has 0 saturated carbocycles. The molecule has 1 unspecified atom stereocenters. The van der Waals surface area contributed by atoms with Gasteiger partial charge in [-0.3, -0.25) is 28.7 Å². The first-order valence-electron chi connectivity index (χ1n) is 24.1. The average molecular weight is 1020 g/mol. The Morgan fingerprint density at radius 3 is 2.38 bits per heavy atom. The van der Waals surface area contributed by atoms with Crippen LogP contribution < -0.4 is 25.5 Å². The van der Waals surface area contributed by atoms with Gasteiger partial charge in [0.1, 0.15) is 59.5 Å². The molecular weight excluding hydrogens is 955 g/mol. The minimum absolute atomic E-state index is 0.0149. The zero-order valence-electron chi connectivity index (χ0n) is 42.0. The number of methoxy groups -OCH3 is 1. The van der Waals surface area contributed by atoms with E-state index in [0.717, 1.165) is 0 Å². The minimum Gasteiger partial charge on any atom is -0.507 e. The molecule has 1 fully saturated rings. The third-order valence-electron chi connectivity index (χ3n) is 14.7. The van der Waals surface area contributed by atoms with Gasteiger partial charge in [0.15, 0.2) is 5.75 Å². The maximum absolute atomic E-state index is 14.9. The smallest absolute Gasteiger partial charge is 0.414 e. The third-order valence-corrected chi connectivity index (χ3v) is 14.7.